The zero-order valence-electron chi connectivity index (χ0n) is 10.4. The van der Waals surface area contributed by atoms with Crippen molar-refractivity contribution >= 4 is 5.91 Å². The first-order valence-corrected chi connectivity index (χ1v) is 6.53. The van der Waals surface area contributed by atoms with Gasteiger partial charge in [-0.3, -0.25) is 9.69 Å². The summed E-state index contributed by atoms with van der Waals surface area (Å²) in [4.78, 5) is 13.7. The van der Waals surface area contributed by atoms with E-state index < -0.39 is 0 Å². The predicted molar refractivity (Wildman–Crippen MR) is 69.7 cm³/mol. The van der Waals surface area contributed by atoms with Gasteiger partial charge in [0, 0.05) is 25.7 Å². The summed E-state index contributed by atoms with van der Waals surface area (Å²) >= 11 is 0. The van der Waals surface area contributed by atoms with E-state index in [1.165, 1.54) is 5.56 Å². The number of carbonyl (C=O) groups excluding carboxylic acids is 1. The molecule has 4 nitrogen and oxygen atoms in total. The fourth-order valence-electron chi connectivity index (χ4n) is 3.04. The van der Waals surface area contributed by atoms with Crippen LogP contribution >= 0.6 is 0 Å². The van der Waals surface area contributed by atoms with Gasteiger partial charge in [0.05, 0.1) is 6.54 Å². The lowest BCUT2D eigenvalue weighted by molar-refractivity contribution is -0.120. The van der Waals surface area contributed by atoms with Crippen molar-refractivity contribution < 1.29 is 4.79 Å². The topological polar surface area (TPSA) is 58.4 Å². The molecule has 1 saturated carbocycles. The number of amides is 1. The summed E-state index contributed by atoms with van der Waals surface area (Å²) in [7, 11) is 0. The van der Waals surface area contributed by atoms with E-state index in [2.05, 4.69) is 34.5 Å². The van der Waals surface area contributed by atoms with Gasteiger partial charge >= 0.3 is 0 Å². The summed E-state index contributed by atoms with van der Waals surface area (Å²) in [5.74, 6) is 1.26. The van der Waals surface area contributed by atoms with Crippen LogP contribution < -0.4 is 11.1 Å². The standard InChI is InChI=1S/C14H19N3O/c15-6-13(18)16-14-11-8-17(9-12(11)14)7-10-4-2-1-3-5-10/h1-5,11-12,14H,6-9,15H2,(H,16,18). The van der Waals surface area contributed by atoms with E-state index in [0.29, 0.717) is 17.9 Å². The molecule has 3 N–H and O–H groups in total. The van der Waals surface area contributed by atoms with Gasteiger partial charge in [-0.25, -0.2) is 0 Å². The number of fused-ring (bicyclic) bond motifs is 1. The van der Waals surface area contributed by atoms with Gasteiger partial charge in [-0.1, -0.05) is 30.3 Å². The van der Waals surface area contributed by atoms with E-state index in [1.807, 2.05) is 6.07 Å². The monoisotopic (exact) mass is 245 g/mol. The fourth-order valence-corrected chi connectivity index (χ4v) is 3.04. The Morgan fingerprint density at radius 2 is 1.94 bits per heavy atom. The summed E-state index contributed by atoms with van der Waals surface area (Å²) in [6.07, 6.45) is 0. The SMILES string of the molecule is NCC(=O)NC1C2CN(Cc3ccccc3)CC21. The molecule has 2 aliphatic rings. The van der Waals surface area contributed by atoms with E-state index in [9.17, 15) is 4.79 Å². The average molecular weight is 245 g/mol. The third-order valence-corrected chi connectivity index (χ3v) is 4.03. The molecule has 4 heteroatoms. The zero-order chi connectivity index (χ0) is 12.5. The molecule has 0 aromatic heterocycles. The average Bonchev–Trinajstić information content (AvgIpc) is 2.85. The molecular weight excluding hydrogens is 226 g/mol. The van der Waals surface area contributed by atoms with Crippen LogP contribution in [0.2, 0.25) is 0 Å². The first kappa shape index (κ1) is 11.7. The van der Waals surface area contributed by atoms with Crippen molar-refractivity contribution in [1.29, 1.82) is 0 Å². The molecule has 2 fully saturated rings. The van der Waals surface area contributed by atoms with Crippen LogP contribution in [0.5, 0.6) is 0 Å². The normalized spacial score (nSPS) is 29.9. The minimum atomic E-state index is -0.0241. The molecule has 1 heterocycles. The third-order valence-electron chi connectivity index (χ3n) is 4.03. The Bertz CT molecular complexity index is 422. The van der Waals surface area contributed by atoms with Gasteiger partial charge in [-0.15, -0.1) is 0 Å². The summed E-state index contributed by atoms with van der Waals surface area (Å²) in [5.41, 5.74) is 6.67. The van der Waals surface area contributed by atoms with Gasteiger partial charge in [0.1, 0.15) is 0 Å². The Labute approximate surface area is 107 Å². The lowest BCUT2D eigenvalue weighted by Crippen LogP contribution is -2.37. The minimum absolute atomic E-state index is 0.0241. The van der Waals surface area contributed by atoms with Gasteiger partial charge in [0.25, 0.3) is 0 Å². The van der Waals surface area contributed by atoms with Gasteiger partial charge in [0.2, 0.25) is 5.91 Å². The van der Waals surface area contributed by atoms with Crippen LogP contribution in [0.15, 0.2) is 30.3 Å². The highest BCUT2D eigenvalue weighted by Gasteiger charge is 2.56. The molecule has 3 rings (SSSR count). The first-order chi connectivity index (χ1) is 8.78. The molecule has 1 amide bonds. The van der Waals surface area contributed by atoms with Crippen LogP contribution in [0.4, 0.5) is 0 Å². The number of hydrogen-bond acceptors (Lipinski definition) is 3. The lowest BCUT2D eigenvalue weighted by Gasteiger charge is -2.19. The van der Waals surface area contributed by atoms with Crippen LogP contribution in [-0.4, -0.2) is 36.5 Å². The Hall–Kier alpha value is -1.39. The van der Waals surface area contributed by atoms with E-state index >= 15 is 0 Å². The third kappa shape index (κ3) is 2.26. The minimum Gasteiger partial charge on any atom is -0.352 e. The lowest BCUT2D eigenvalue weighted by atomic mass is 10.2. The number of piperidine rings is 1. The van der Waals surface area contributed by atoms with Crippen molar-refractivity contribution in [2.45, 2.75) is 12.6 Å². The largest absolute Gasteiger partial charge is 0.352 e. The number of nitrogens with one attached hydrogen (secondary N) is 1. The number of hydrogen-bond donors (Lipinski definition) is 2. The Morgan fingerprint density at radius 3 is 2.56 bits per heavy atom. The maximum Gasteiger partial charge on any atom is 0.233 e. The molecular formula is C14H19N3O. The molecule has 1 saturated heterocycles. The molecule has 96 valence electrons. The molecule has 1 aromatic rings. The van der Waals surface area contributed by atoms with Crippen LogP contribution in [0, 0.1) is 11.8 Å². The Balaban J connectivity index is 1.48. The van der Waals surface area contributed by atoms with Gasteiger partial charge in [-0.2, -0.15) is 0 Å². The molecule has 1 aliphatic heterocycles. The number of rotatable bonds is 4. The maximum absolute atomic E-state index is 11.2. The van der Waals surface area contributed by atoms with Gasteiger partial charge < -0.3 is 11.1 Å². The van der Waals surface area contributed by atoms with Crippen molar-refractivity contribution in [2.24, 2.45) is 17.6 Å². The Morgan fingerprint density at radius 1 is 1.28 bits per heavy atom. The quantitative estimate of drug-likeness (QED) is 0.796. The number of carbonyl (C=O) groups is 1. The van der Waals surface area contributed by atoms with Crippen LogP contribution in [-0.2, 0) is 11.3 Å². The Kier molecular flexibility index (Phi) is 3.06. The highest BCUT2D eigenvalue weighted by atomic mass is 16.1. The summed E-state index contributed by atoms with van der Waals surface area (Å²) in [6.45, 7) is 3.30. The highest BCUT2D eigenvalue weighted by molar-refractivity contribution is 5.78. The van der Waals surface area contributed by atoms with Crippen molar-refractivity contribution in [3.05, 3.63) is 35.9 Å². The van der Waals surface area contributed by atoms with Crippen molar-refractivity contribution in [1.82, 2.24) is 10.2 Å². The highest BCUT2D eigenvalue weighted by Crippen LogP contribution is 2.45. The second-order valence-corrected chi connectivity index (χ2v) is 5.30. The van der Waals surface area contributed by atoms with E-state index in [0.717, 1.165) is 19.6 Å². The van der Waals surface area contributed by atoms with E-state index in [1.54, 1.807) is 0 Å². The molecule has 0 bridgehead atoms. The van der Waals surface area contributed by atoms with E-state index in [-0.39, 0.29) is 12.5 Å². The molecule has 0 spiro atoms. The predicted octanol–water partition coefficient (Wildman–Crippen LogP) is 0.192. The zero-order valence-corrected chi connectivity index (χ0v) is 10.4. The molecule has 1 aliphatic carbocycles. The van der Waals surface area contributed by atoms with Crippen molar-refractivity contribution in [2.75, 3.05) is 19.6 Å². The van der Waals surface area contributed by atoms with E-state index in [4.69, 9.17) is 5.73 Å². The number of benzene rings is 1. The van der Waals surface area contributed by atoms with Crippen molar-refractivity contribution in [3.63, 3.8) is 0 Å². The second-order valence-electron chi connectivity index (χ2n) is 5.30. The number of nitrogens with zero attached hydrogens (tertiary/aromatic N) is 1. The van der Waals surface area contributed by atoms with Crippen LogP contribution in [0.1, 0.15) is 5.56 Å². The van der Waals surface area contributed by atoms with Gasteiger partial charge in [0.15, 0.2) is 0 Å². The van der Waals surface area contributed by atoms with Gasteiger partial charge in [-0.05, 0) is 17.4 Å². The smallest absolute Gasteiger partial charge is 0.233 e. The van der Waals surface area contributed by atoms with Crippen molar-refractivity contribution in [3.8, 4) is 0 Å². The molecule has 0 radical (unpaired) electrons. The summed E-state index contributed by atoms with van der Waals surface area (Å²) in [6, 6.07) is 10.9. The maximum atomic E-state index is 11.2. The van der Waals surface area contributed by atoms with Crippen LogP contribution in [0.25, 0.3) is 0 Å². The molecule has 18 heavy (non-hydrogen) atoms. The molecule has 2 unspecified atom stereocenters. The summed E-state index contributed by atoms with van der Waals surface area (Å²) in [5, 5.41) is 3.00. The first-order valence-electron chi connectivity index (χ1n) is 6.53. The second kappa shape index (κ2) is 4.71. The molecule has 1 aromatic carbocycles. The molecule has 2 atom stereocenters. The number of likely N-dealkylation sites (tertiary alicyclic amines) is 1. The van der Waals surface area contributed by atoms with Crippen LogP contribution in [0.3, 0.4) is 0 Å². The number of nitrogens with two attached hydrogens (primary N) is 1. The summed E-state index contributed by atoms with van der Waals surface area (Å²) < 4.78 is 0. The fraction of sp³-hybridized carbons (Fsp3) is 0.500.